The first-order valence-corrected chi connectivity index (χ1v) is 9.79. The number of hydrogen-bond donors (Lipinski definition) is 1. The fourth-order valence-electron chi connectivity index (χ4n) is 2.52. The van der Waals surface area contributed by atoms with Crippen molar-refractivity contribution >= 4 is 21.6 Å². The Morgan fingerprint density at radius 1 is 1.14 bits per heavy atom. The Bertz CT molecular complexity index is 1090. The van der Waals surface area contributed by atoms with Crippen LogP contribution in [0.3, 0.4) is 0 Å². The first-order chi connectivity index (χ1) is 13.3. The molecule has 0 aliphatic heterocycles. The van der Waals surface area contributed by atoms with Gasteiger partial charge in [0, 0.05) is 26.0 Å². The van der Waals surface area contributed by atoms with Crippen molar-refractivity contribution in [3.8, 4) is 11.4 Å². The van der Waals surface area contributed by atoms with Crippen molar-refractivity contribution in [1.82, 2.24) is 14.1 Å². The van der Waals surface area contributed by atoms with E-state index in [0.29, 0.717) is 11.3 Å². The lowest BCUT2D eigenvalue weighted by Gasteiger charge is -2.15. The third kappa shape index (κ3) is 3.90. The molecule has 0 bridgehead atoms. The minimum atomic E-state index is -3.73. The highest BCUT2D eigenvalue weighted by atomic mass is 32.2. The Balaban J connectivity index is 1.86. The van der Waals surface area contributed by atoms with E-state index in [1.807, 2.05) is 30.3 Å². The van der Waals surface area contributed by atoms with Crippen molar-refractivity contribution in [3.05, 3.63) is 66.5 Å². The molecular weight excluding hydrogens is 380 g/mol. The topological polar surface area (TPSA) is 93.5 Å². The van der Waals surface area contributed by atoms with E-state index in [1.54, 1.807) is 16.9 Å². The van der Waals surface area contributed by atoms with Gasteiger partial charge in [-0.3, -0.25) is 4.79 Å². The summed E-state index contributed by atoms with van der Waals surface area (Å²) in [5.74, 6) is -0.204. The summed E-state index contributed by atoms with van der Waals surface area (Å²) in [6, 6.07) is 13.8. The van der Waals surface area contributed by atoms with Crippen LogP contribution in [0.25, 0.3) is 5.69 Å². The van der Waals surface area contributed by atoms with Crippen molar-refractivity contribution < 1.29 is 17.9 Å². The minimum absolute atomic E-state index is 0.0298. The van der Waals surface area contributed by atoms with Crippen molar-refractivity contribution in [2.45, 2.75) is 4.90 Å². The largest absolute Gasteiger partial charge is 0.495 e. The molecule has 0 saturated carbocycles. The smallest absolute Gasteiger partial charge is 0.258 e. The maximum atomic E-state index is 12.6. The summed E-state index contributed by atoms with van der Waals surface area (Å²) in [6.45, 7) is 0. The van der Waals surface area contributed by atoms with Crippen LogP contribution in [0.1, 0.15) is 10.4 Å². The number of sulfonamides is 1. The van der Waals surface area contributed by atoms with E-state index in [1.165, 1.54) is 39.5 Å². The lowest BCUT2D eigenvalue weighted by atomic mass is 10.2. The molecule has 146 valence electrons. The number of nitrogens with zero attached hydrogens (tertiary/aromatic N) is 3. The van der Waals surface area contributed by atoms with Gasteiger partial charge in [0.1, 0.15) is 10.6 Å². The van der Waals surface area contributed by atoms with Gasteiger partial charge in [-0.15, -0.1) is 0 Å². The predicted octanol–water partition coefficient (Wildman–Crippen LogP) is 2.38. The second-order valence-corrected chi connectivity index (χ2v) is 8.24. The summed E-state index contributed by atoms with van der Waals surface area (Å²) in [6.07, 6.45) is 3.05. The van der Waals surface area contributed by atoms with Gasteiger partial charge in [-0.05, 0) is 30.3 Å². The molecule has 8 nitrogen and oxygen atoms in total. The zero-order chi connectivity index (χ0) is 20.3. The molecule has 0 spiro atoms. The van der Waals surface area contributed by atoms with E-state index < -0.39 is 15.9 Å². The summed E-state index contributed by atoms with van der Waals surface area (Å²) >= 11 is 0. The van der Waals surface area contributed by atoms with E-state index in [2.05, 4.69) is 10.4 Å². The lowest BCUT2D eigenvalue weighted by molar-refractivity contribution is 0.102. The van der Waals surface area contributed by atoms with Crippen LogP contribution in [0.4, 0.5) is 5.69 Å². The number of methoxy groups -OCH3 is 1. The number of hydrogen-bond acceptors (Lipinski definition) is 5. The van der Waals surface area contributed by atoms with E-state index in [0.717, 1.165) is 9.99 Å². The molecule has 0 aliphatic rings. The van der Waals surface area contributed by atoms with E-state index in [9.17, 15) is 13.2 Å². The molecule has 1 heterocycles. The summed E-state index contributed by atoms with van der Waals surface area (Å²) in [5, 5.41) is 6.88. The second-order valence-electron chi connectivity index (χ2n) is 6.12. The second kappa shape index (κ2) is 7.83. The number of amides is 1. The van der Waals surface area contributed by atoms with E-state index in [4.69, 9.17) is 4.74 Å². The fourth-order valence-corrected chi connectivity index (χ4v) is 3.59. The number of aromatic nitrogens is 2. The maximum absolute atomic E-state index is 12.6. The van der Waals surface area contributed by atoms with E-state index >= 15 is 0 Å². The monoisotopic (exact) mass is 400 g/mol. The number of nitrogens with one attached hydrogen (secondary N) is 1. The standard InChI is InChI=1S/C19H20N4O4S/c1-22(2)28(25,26)18-11-15(9-10-17(18)27-3)21-19(24)14-12-20-23(13-14)16-7-5-4-6-8-16/h4-13H,1-3H3,(H,21,24). The van der Waals surface area contributed by atoms with Crippen molar-refractivity contribution in [3.63, 3.8) is 0 Å². The van der Waals surface area contributed by atoms with Gasteiger partial charge < -0.3 is 10.1 Å². The molecule has 3 aromatic rings. The SMILES string of the molecule is COc1ccc(NC(=O)c2cnn(-c3ccccc3)c2)cc1S(=O)(=O)N(C)C. The van der Waals surface area contributed by atoms with Gasteiger partial charge in [-0.2, -0.15) is 5.10 Å². The molecule has 2 aromatic carbocycles. The van der Waals surface area contributed by atoms with Gasteiger partial charge >= 0.3 is 0 Å². The van der Waals surface area contributed by atoms with Crippen molar-refractivity contribution in [2.24, 2.45) is 0 Å². The quantitative estimate of drug-likeness (QED) is 0.686. The van der Waals surface area contributed by atoms with Crippen molar-refractivity contribution in [2.75, 3.05) is 26.5 Å². The third-order valence-corrected chi connectivity index (χ3v) is 5.88. The molecule has 0 saturated heterocycles. The number of para-hydroxylation sites is 1. The summed E-state index contributed by atoms with van der Waals surface area (Å²) in [5.41, 5.74) is 1.50. The van der Waals surface area contributed by atoms with Crippen LogP contribution in [0.2, 0.25) is 0 Å². The van der Waals surface area contributed by atoms with Crippen LogP contribution < -0.4 is 10.1 Å². The average Bonchev–Trinajstić information content (AvgIpc) is 3.19. The normalized spacial score (nSPS) is 11.4. The summed E-state index contributed by atoms with van der Waals surface area (Å²) in [7, 11) is 0.512. The minimum Gasteiger partial charge on any atom is -0.495 e. The van der Waals surface area contributed by atoms with Crippen LogP contribution in [0.15, 0.2) is 65.8 Å². The highest BCUT2D eigenvalue weighted by Gasteiger charge is 2.23. The van der Waals surface area contributed by atoms with Gasteiger partial charge in [-0.1, -0.05) is 18.2 Å². The molecular formula is C19H20N4O4S. The van der Waals surface area contributed by atoms with Gasteiger partial charge in [0.25, 0.3) is 5.91 Å². The number of rotatable bonds is 6. The number of anilines is 1. The molecule has 3 rings (SSSR count). The molecule has 1 amide bonds. The zero-order valence-corrected chi connectivity index (χ0v) is 16.5. The maximum Gasteiger partial charge on any atom is 0.258 e. The summed E-state index contributed by atoms with van der Waals surface area (Å²) in [4.78, 5) is 12.5. The highest BCUT2D eigenvalue weighted by molar-refractivity contribution is 7.89. The van der Waals surface area contributed by atoms with Crippen LogP contribution in [-0.4, -0.2) is 49.6 Å². The highest BCUT2D eigenvalue weighted by Crippen LogP contribution is 2.29. The first kappa shape index (κ1) is 19.6. The Morgan fingerprint density at radius 3 is 2.50 bits per heavy atom. The van der Waals surface area contributed by atoms with Crippen LogP contribution in [0.5, 0.6) is 5.75 Å². The molecule has 0 unspecified atom stereocenters. The van der Waals surface area contributed by atoms with Crippen LogP contribution in [0, 0.1) is 0 Å². The van der Waals surface area contributed by atoms with Gasteiger partial charge in [0.2, 0.25) is 10.0 Å². The Kier molecular flexibility index (Phi) is 5.48. The number of carbonyl (C=O) groups is 1. The van der Waals surface area contributed by atoms with Crippen molar-refractivity contribution in [1.29, 1.82) is 0 Å². The molecule has 0 fully saturated rings. The van der Waals surface area contributed by atoms with Crippen LogP contribution >= 0.6 is 0 Å². The molecule has 0 atom stereocenters. The molecule has 28 heavy (non-hydrogen) atoms. The summed E-state index contributed by atoms with van der Waals surface area (Å²) < 4.78 is 32.8. The van der Waals surface area contributed by atoms with Crippen LogP contribution in [-0.2, 0) is 10.0 Å². The van der Waals surface area contributed by atoms with E-state index in [-0.39, 0.29) is 10.6 Å². The predicted molar refractivity (Wildman–Crippen MR) is 105 cm³/mol. The zero-order valence-electron chi connectivity index (χ0n) is 15.7. The average molecular weight is 400 g/mol. The Hall–Kier alpha value is -3.17. The Labute approximate surface area is 163 Å². The lowest BCUT2D eigenvalue weighted by Crippen LogP contribution is -2.23. The molecule has 1 N–H and O–H groups in total. The molecule has 9 heteroatoms. The third-order valence-electron chi connectivity index (χ3n) is 4.05. The number of carbonyl (C=O) groups excluding carboxylic acids is 1. The Morgan fingerprint density at radius 2 is 1.86 bits per heavy atom. The first-order valence-electron chi connectivity index (χ1n) is 8.35. The number of benzene rings is 2. The number of ether oxygens (including phenoxy) is 1. The van der Waals surface area contributed by atoms with Gasteiger partial charge in [0.05, 0.1) is 24.6 Å². The van der Waals surface area contributed by atoms with Gasteiger partial charge in [0.15, 0.2) is 0 Å². The molecule has 1 aromatic heterocycles. The van der Waals surface area contributed by atoms with Gasteiger partial charge in [-0.25, -0.2) is 17.4 Å². The molecule has 0 radical (unpaired) electrons. The fraction of sp³-hybridized carbons (Fsp3) is 0.158. The molecule has 0 aliphatic carbocycles.